The van der Waals surface area contributed by atoms with Gasteiger partial charge in [-0.2, -0.15) is 0 Å². The third-order valence-electron chi connectivity index (χ3n) is 5.82. The molecule has 188 valence electrons. The van der Waals surface area contributed by atoms with E-state index in [-0.39, 0.29) is 30.0 Å². The third-order valence-corrected chi connectivity index (χ3v) is 6.72. The molecule has 2 heterocycles. The maximum atomic E-state index is 13.1. The van der Waals surface area contributed by atoms with Crippen LogP contribution >= 0.6 is 11.3 Å². The highest BCUT2D eigenvalue weighted by Gasteiger charge is 2.34. The van der Waals surface area contributed by atoms with Gasteiger partial charge in [-0.25, -0.2) is 4.39 Å². The maximum Gasteiger partial charge on any atom is 0.251 e. The Bertz CT molecular complexity index is 1230. The van der Waals surface area contributed by atoms with Gasteiger partial charge in [-0.15, -0.1) is 10.2 Å². The first kappa shape index (κ1) is 25.2. The number of likely N-dealkylation sites (tertiary alicyclic amines) is 1. The Morgan fingerprint density at radius 3 is 2.75 bits per heavy atom. The minimum atomic E-state index is -0.472. The fourth-order valence-corrected chi connectivity index (χ4v) is 4.58. The summed E-state index contributed by atoms with van der Waals surface area (Å²) in [6.07, 6.45) is 1.19. The van der Waals surface area contributed by atoms with Gasteiger partial charge >= 0.3 is 0 Å². The van der Waals surface area contributed by atoms with Crippen LogP contribution in [-0.2, 0) is 22.4 Å². The summed E-state index contributed by atoms with van der Waals surface area (Å²) < 4.78 is 18.2. The summed E-state index contributed by atoms with van der Waals surface area (Å²) in [5.41, 5.74) is 1.43. The highest BCUT2D eigenvalue weighted by Crippen LogP contribution is 2.22. The molecule has 2 aromatic carbocycles. The molecule has 0 saturated carbocycles. The van der Waals surface area contributed by atoms with Crippen molar-refractivity contribution >= 4 is 34.2 Å². The van der Waals surface area contributed by atoms with Crippen molar-refractivity contribution in [3.63, 3.8) is 0 Å². The van der Waals surface area contributed by atoms with Crippen LogP contribution in [0.2, 0.25) is 0 Å². The van der Waals surface area contributed by atoms with E-state index in [1.54, 1.807) is 48.4 Å². The van der Waals surface area contributed by atoms with Gasteiger partial charge in [0.15, 0.2) is 0 Å². The molecule has 1 fully saturated rings. The number of benzene rings is 2. The average Bonchev–Trinajstić information content (AvgIpc) is 3.49. The minimum absolute atomic E-state index is 0.0815. The lowest BCUT2D eigenvalue weighted by Crippen LogP contribution is -2.30. The van der Waals surface area contributed by atoms with Crippen molar-refractivity contribution < 1.29 is 23.5 Å². The Hall–Kier alpha value is -3.86. The van der Waals surface area contributed by atoms with Crippen molar-refractivity contribution in [1.29, 1.82) is 0 Å². The summed E-state index contributed by atoms with van der Waals surface area (Å²) in [7, 11) is 1.54. The number of aromatic nitrogens is 2. The van der Waals surface area contributed by atoms with Crippen LogP contribution in [-0.4, -0.2) is 59.6 Å². The summed E-state index contributed by atoms with van der Waals surface area (Å²) in [6, 6.07) is 13.0. The number of ether oxygens (including phenoxy) is 1. The van der Waals surface area contributed by atoms with Crippen molar-refractivity contribution in [2.45, 2.75) is 19.3 Å². The van der Waals surface area contributed by atoms with Crippen LogP contribution in [0.25, 0.3) is 0 Å². The Labute approximate surface area is 211 Å². The lowest BCUT2D eigenvalue weighted by molar-refractivity contribution is -0.128. The number of carbonyl (C=O) groups excluding carboxylic acids is 3. The standard InChI is InChI=1S/C25H26FN5O4S/c1-35-20-4-2-3-17(13-20)23(33)27-11-9-21-29-30-25(36-21)28-24(34)18-14-22(32)31(15-18)12-10-16-5-7-19(26)8-6-16/h2-8,13,18H,9-12,14-15H2,1H3,(H,27,33)(H,28,30,34). The predicted molar refractivity (Wildman–Crippen MR) is 132 cm³/mol. The molecular formula is C25H26FN5O4S. The van der Waals surface area contributed by atoms with Crippen LogP contribution in [0.4, 0.5) is 9.52 Å². The van der Waals surface area contributed by atoms with Gasteiger partial charge in [-0.1, -0.05) is 29.5 Å². The number of nitrogens with zero attached hydrogens (tertiary/aromatic N) is 3. The summed E-state index contributed by atoms with van der Waals surface area (Å²) in [5, 5.41) is 14.7. The first-order valence-electron chi connectivity index (χ1n) is 11.5. The summed E-state index contributed by atoms with van der Waals surface area (Å²) in [6.45, 7) is 1.16. The zero-order valence-corrected chi connectivity index (χ0v) is 20.5. The molecular weight excluding hydrogens is 485 g/mol. The van der Waals surface area contributed by atoms with E-state index < -0.39 is 5.92 Å². The molecule has 9 nitrogen and oxygen atoms in total. The molecule has 36 heavy (non-hydrogen) atoms. The lowest BCUT2D eigenvalue weighted by Gasteiger charge is -2.16. The molecule has 0 radical (unpaired) electrons. The molecule has 0 bridgehead atoms. The second kappa shape index (κ2) is 11.7. The topological polar surface area (TPSA) is 114 Å². The summed E-state index contributed by atoms with van der Waals surface area (Å²) in [5.74, 6) is -0.747. The highest BCUT2D eigenvalue weighted by atomic mass is 32.1. The average molecular weight is 512 g/mol. The molecule has 1 aliphatic rings. The van der Waals surface area contributed by atoms with E-state index >= 15 is 0 Å². The van der Waals surface area contributed by atoms with Gasteiger partial charge in [-0.05, 0) is 42.3 Å². The van der Waals surface area contributed by atoms with Crippen molar-refractivity contribution in [3.8, 4) is 5.75 Å². The first-order chi connectivity index (χ1) is 17.4. The van der Waals surface area contributed by atoms with Crippen LogP contribution < -0.4 is 15.4 Å². The zero-order chi connectivity index (χ0) is 25.5. The largest absolute Gasteiger partial charge is 0.497 e. The second-order valence-corrected chi connectivity index (χ2v) is 9.41. The van der Waals surface area contributed by atoms with Gasteiger partial charge in [0.1, 0.15) is 16.6 Å². The quantitative estimate of drug-likeness (QED) is 0.433. The normalized spacial score (nSPS) is 15.1. The van der Waals surface area contributed by atoms with E-state index in [0.29, 0.717) is 53.9 Å². The number of halogens is 1. The molecule has 11 heteroatoms. The molecule has 3 amide bonds. The Balaban J connectivity index is 1.21. The lowest BCUT2D eigenvalue weighted by atomic mass is 10.1. The fourth-order valence-electron chi connectivity index (χ4n) is 3.84. The number of methoxy groups -OCH3 is 1. The minimum Gasteiger partial charge on any atom is -0.497 e. The molecule has 1 saturated heterocycles. The fraction of sp³-hybridized carbons (Fsp3) is 0.320. The molecule has 4 rings (SSSR count). The number of rotatable bonds is 10. The molecule has 1 atom stereocenters. The van der Waals surface area contributed by atoms with E-state index in [1.165, 1.54) is 23.5 Å². The molecule has 1 unspecified atom stereocenters. The Morgan fingerprint density at radius 1 is 1.17 bits per heavy atom. The molecule has 1 aromatic heterocycles. The Kier molecular flexibility index (Phi) is 8.21. The van der Waals surface area contributed by atoms with Gasteiger partial charge in [0.2, 0.25) is 16.9 Å². The smallest absolute Gasteiger partial charge is 0.251 e. The summed E-state index contributed by atoms with van der Waals surface area (Å²) >= 11 is 1.23. The van der Waals surface area contributed by atoms with Crippen molar-refractivity contribution in [2.24, 2.45) is 5.92 Å². The number of hydrogen-bond donors (Lipinski definition) is 2. The van der Waals surface area contributed by atoms with Gasteiger partial charge in [-0.3, -0.25) is 14.4 Å². The van der Waals surface area contributed by atoms with E-state index in [2.05, 4.69) is 20.8 Å². The number of amides is 3. The van der Waals surface area contributed by atoms with E-state index in [0.717, 1.165) is 5.56 Å². The number of carbonyl (C=O) groups is 3. The van der Waals surface area contributed by atoms with E-state index in [1.807, 2.05) is 0 Å². The van der Waals surface area contributed by atoms with Crippen LogP contribution in [0, 0.1) is 11.7 Å². The van der Waals surface area contributed by atoms with Crippen LogP contribution in [0.15, 0.2) is 48.5 Å². The molecule has 0 spiro atoms. The Morgan fingerprint density at radius 2 is 1.97 bits per heavy atom. The van der Waals surface area contributed by atoms with Gasteiger partial charge in [0.25, 0.3) is 5.91 Å². The summed E-state index contributed by atoms with van der Waals surface area (Å²) in [4.78, 5) is 39.0. The van der Waals surface area contributed by atoms with Crippen molar-refractivity contribution in [3.05, 3.63) is 70.5 Å². The van der Waals surface area contributed by atoms with Crippen LogP contribution in [0.5, 0.6) is 5.75 Å². The van der Waals surface area contributed by atoms with Crippen molar-refractivity contribution in [1.82, 2.24) is 20.4 Å². The highest BCUT2D eigenvalue weighted by molar-refractivity contribution is 7.15. The van der Waals surface area contributed by atoms with Gasteiger partial charge < -0.3 is 20.3 Å². The van der Waals surface area contributed by atoms with E-state index in [9.17, 15) is 18.8 Å². The predicted octanol–water partition coefficient (Wildman–Crippen LogP) is 2.69. The number of anilines is 1. The van der Waals surface area contributed by atoms with Crippen LogP contribution in [0.3, 0.4) is 0 Å². The molecule has 1 aliphatic heterocycles. The maximum absolute atomic E-state index is 13.1. The van der Waals surface area contributed by atoms with E-state index in [4.69, 9.17) is 4.74 Å². The second-order valence-electron chi connectivity index (χ2n) is 8.35. The first-order valence-corrected chi connectivity index (χ1v) is 12.3. The SMILES string of the molecule is COc1cccc(C(=O)NCCc2nnc(NC(=O)C3CC(=O)N(CCc4ccc(F)cc4)C3)s2)c1. The number of hydrogen-bond acceptors (Lipinski definition) is 7. The van der Waals surface area contributed by atoms with Crippen LogP contribution in [0.1, 0.15) is 27.3 Å². The van der Waals surface area contributed by atoms with Gasteiger partial charge in [0, 0.05) is 38.0 Å². The molecule has 3 aromatic rings. The molecule has 2 N–H and O–H groups in total. The van der Waals surface area contributed by atoms with Crippen molar-refractivity contribution in [2.75, 3.05) is 32.1 Å². The molecule has 0 aliphatic carbocycles. The monoisotopic (exact) mass is 511 g/mol. The van der Waals surface area contributed by atoms with Gasteiger partial charge in [0.05, 0.1) is 13.0 Å². The zero-order valence-electron chi connectivity index (χ0n) is 19.7. The third kappa shape index (κ3) is 6.63. The number of nitrogens with one attached hydrogen (secondary N) is 2.